The van der Waals surface area contributed by atoms with E-state index in [9.17, 15) is 9.50 Å². The third-order valence-electron chi connectivity index (χ3n) is 7.45. The van der Waals surface area contributed by atoms with Crippen LogP contribution in [0.2, 0.25) is 0 Å². The highest BCUT2D eigenvalue weighted by Crippen LogP contribution is 2.44. The van der Waals surface area contributed by atoms with Crippen LogP contribution in [0.1, 0.15) is 31.7 Å². The lowest BCUT2D eigenvalue weighted by molar-refractivity contribution is 0.108. The second-order valence-corrected chi connectivity index (χ2v) is 10.6. The van der Waals surface area contributed by atoms with Gasteiger partial charge in [-0.1, -0.05) is 24.3 Å². The highest BCUT2D eigenvalue weighted by molar-refractivity contribution is 7.14. The van der Waals surface area contributed by atoms with Crippen LogP contribution in [-0.2, 0) is 0 Å². The first-order valence-corrected chi connectivity index (χ1v) is 13.4. The second kappa shape index (κ2) is 9.04. The number of anilines is 1. The van der Waals surface area contributed by atoms with E-state index in [2.05, 4.69) is 14.5 Å². The maximum absolute atomic E-state index is 14.2. The Morgan fingerprint density at radius 1 is 1.00 bits per heavy atom. The average Bonchev–Trinajstić information content (AvgIpc) is 3.69. The molecule has 0 bridgehead atoms. The normalized spacial score (nSPS) is 17.9. The molecule has 3 N–H and O–H groups in total. The summed E-state index contributed by atoms with van der Waals surface area (Å²) in [6, 6.07) is 12.8. The monoisotopic (exact) mass is 525 g/mol. The molecule has 0 saturated heterocycles. The first kappa shape index (κ1) is 23.1. The van der Waals surface area contributed by atoms with Gasteiger partial charge in [0.05, 0.1) is 23.0 Å². The lowest BCUT2D eigenvalue weighted by atomic mass is 9.93. The number of furan rings is 1. The van der Waals surface area contributed by atoms with Crippen molar-refractivity contribution in [1.29, 1.82) is 0 Å². The molecule has 0 aliphatic heterocycles. The van der Waals surface area contributed by atoms with Crippen LogP contribution in [0.3, 0.4) is 0 Å². The fourth-order valence-corrected chi connectivity index (χ4v) is 6.27. The van der Waals surface area contributed by atoms with E-state index in [1.807, 2.05) is 47.5 Å². The molecule has 38 heavy (non-hydrogen) atoms. The molecule has 7 nitrogen and oxygen atoms in total. The van der Waals surface area contributed by atoms with Crippen molar-refractivity contribution >= 4 is 38.4 Å². The summed E-state index contributed by atoms with van der Waals surface area (Å²) >= 11 is 1.37. The highest BCUT2D eigenvalue weighted by atomic mass is 32.1. The molecular formula is C29H24FN5O2S. The average molecular weight is 526 g/mol. The Hall–Kier alpha value is -4.08. The minimum absolute atomic E-state index is 0.216. The van der Waals surface area contributed by atoms with Crippen molar-refractivity contribution in [3.63, 3.8) is 0 Å². The standard InChI is InChI=1S/C29H24FN5O2S/c30-19-3-1-2-16(10-19)22-9-4-17-13-34-38-28(17)26(22)25-11-23-24(14-32-29(31)27(23)37-25)18-12-33-35(15-18)20-5-7-21(36)8-6-20/h1-4,9-15,20-21,36H,5-8H2,(H2,31,32)/t20-,21-. The van der Waals surface area contributed by atoms with Crippen molar-refractivity contribution in [2.75, 3.05) is 5.73 Å². The van der Waals surface area contributed by atoms with Crippen LogP contribution in [0, 0.1) is 5.82 Å². The van der Waals surface area contributed by atoms with E-state index in [4.69, 9.17) is 10.2 Å². The van der Waals surface area contributed by atoms with Gasteiger partial charge in [-0.2, -0.15) is 9.47 Å². The first-order valence-electron chi connectivity index (χ1n) is 12.6. The van der Waals surface area contributed by atoms with Crippen LogP contribution in [0.4, 0.5) is 10.2 Å². The molecule has 1 fully saturated rings. The summed E-state index contributed by atoms with van der Waals surface area (Å²) in [5, 5.41) is 16.3. The molecule has 0 unspecified atom stereocenters. The summed E-state index contributed by atoms with van der Waals surface area (Å²) in [6.07, 6.45) is 10.6. The number of aliphatic hydroxyl groups is 1. The molecule has 4 aromatic heterocycles. The highest BCUT2D eigenvalue weighted by Gasteiger charge is 2.24. The number of fused-ring (bicyclic) bond motifs is 2. The Morgan fingerprint density at radius 2 is 1.87 bits per heavy atom. The number of benzene rings is 2. The van der Waals surface area contributed by atoms with Gasteiger partial charge in [-0.3, -0.25) is 4.68 Å². The van der Waals surface area contributed by atoms with Gasteiger partial charge >= 0.3 is 0 Å². The fraction of sp³-hybridized carbons (Fsp3) is 0.207. The Kier molecular flexibility index (Phi) is 5.49. The number of nitrogens with zero attached hydrogens (tertiary/aromatic N) is 4. The Labute approximate surface area is 221 Å². The number of rotatable bonds is 4. The minimum Gasteiger partial charge on any atom is -0.452 e. The van der Waals surface area contributed by atoms with Gasteiger partial charge in [-0.15, -0.1) is 0 Å². The molecule has 0 amide bonds. The number of aliphatic hydroxyl groups excluding tert-OH is 1. The zero-order valence-corrected chi connectivity index (χ0v) is 21.2. The maximum Gasteiger partial charge on any atom is 0.177 e. The van der Waals surface area contributed by atoms with Crippen LogP contribution in [0.25, 0.3) is 54.6 Å². The van der Waals surface area contributed by atoms with Crippen LogP contribution < -0.4 is 5.73 Å². The summed E-state index contributed by atoms with van der Waals surface area (Å²) in [5.74, 6) is 0.610. The summed E-state index contributed by atoms with van der Waals surface area (Å²) in [6.45, 7) is 0. The van der Waals surface area contributed by atoms with Crippen LogP contribution in [0.5, 0.6) is 0 Å². The fourth-order valence-electron chi connectivity index (χ4n) is 5.47. The van der Waals surface area contributed by atoms with E-state index in [0.29, 0.717) is 17.2 Å². The third-order valence-corrected chi connectivity index (χ3v) is 8.28. The van der Waals surface area contributed by atoms with Crippen molar-refractivity contribution in [2.45, 2.75) is 37.8 Å². The number of nitrogen functional groups attached to an aromatic ring is 1. The van der Waals surface area contributed by atoms with E-state index in [1.165, 1.54) is 23.7 Å². The number of aromatic nitrogens is 4. The minimum atomic E-state index is -0.303. The number of pyridine rings is 1. The lowest BCUT2D eigenvalue weighted by Crippen LogP contribution is -2.21. The molecular weight excluding hydrogens is 501 g/mol. The summed E-state index contributed by atoms with van der Waals surface area (Å²) in [4.78, 5) is 4.42. The Balaban J connectivity index is 1.38. The van der Waals surface area contributed by atoms with E-state index in [1.54, 1.807) is 12.3 Å². The summed E-state index contributed by atoms with van der Waals surface area (Å²) < 4.78 is 27.9. The first-order chi connectivity index (χ1) is 18.5. The van der Waals surface area contributed by atoms with Crippen LogP contribution >= 0.6 is 11.5 Å². The number of halogens is 1. The van der Waals surface area contributed by atoms with E-state index < -0.39 is 0 Å². The Bertz CT molecular complexity index is 1800. The molecule has 0 radical (unpaired) electrons. The van der Waals surface area contributed by atoms with Crippen LogP contribution in [-0.4, -0.2) is 30.3 Å². The molecule has 0 atom stereocenters. The van der Waals surface area contributed by atoms with Gasteiger partial charge in [0.1, 0.15) is 11.6 Å². The van der Waals surface area contributed by atoms with E-state index >= 15 is 0 Å². The quantitative estimate of drug-likeness (QED) is 0.261. The van der Waals surface area contributed by atoms with E-state index in [-0.39, 0.29) is 18.0 Å². The largest absolute Gasteiger partial charge is 0.452 e. The molecule has 1 aliphatic carbocycles. The van der Waals surface area contributed by atoms with Gasteiger partial charge in [0.25, 0.3) is 0 Å². The maximum atomic E-state index is 14.2. The topological polar surface area (TPSA) is 103 Å². The van der Waals surface area contributed by atoms with Crippen molar-refractivity contribution in [1.82, 2.24) is 19.1 Å². The van der Waals surface area contributed by atoms with E-state index in [0.717, 1.165) is 69.0 Å². The van der Waals surface area contributed by atoms with Gasteiger partial charge in [0.15, 0.2) is 11.4 Å². The number of hydrogen-bond donors (Lipinski definition) is 2. The smallest absolute Gasteiger partial charge is 0.177 e. The molecule has 1 aliphatic rings. The summed E-state index contributed by atoms with van der Waals surface area (Å²) in [7, 11) is 0. The molecule has 6 aromatic rings. The van der Waals surface area contributed by atoms with Gasteiger partial charge < -0.3 is 15.3 Å². The van der Waals surface area contributed by atoms with Crippen molar-refractivity contribution in [3.05, 3.63) is 73.1 Å². The van der Waals surface area contributed by atoms with Crippen LogP contribution in [0.15, 0.2) is 71.7 Å². The predicted octanol–water partition coefficient (Wildman–Crippen LogP) is 6.83. The molecule has 0 spiro atoms. The van der Waals surface area contributed by atoms with Gasteiger partial charge in [-0.25, -0.2) is 9.37 Å². The molecule has 9 heteroatoms. The molecule has 4 heterocycles. The van der Waals surface area contributed by atoms with Gasteiger partial charge in [-0.05, 0) is 66.5 Å². The number of nitrogens with two attached hydrogens (primary N) is 1. The van der Waals surface area contributed by atoms with Crippen molar-refractivity contribution in [2.24, 2.45) is 0 Å². The molecule has 7 rings (SSSR count). The van der Waals surface area contributed by atoms with Gasteiger partial charge in [0.2, 0.25) is 0 Å². The SMILES string of the molecule is Nc1ncc(-c2cnn([C@H]3CC[C@H](O)CC3)c2)c2cc(-c3c(-c4cccc(F)c4)ccc4cnsc34)oc12. The zero-order chi connectivity index (χ0) is 25.8. The third kappa shape index (κ3) is 3.86. The molecule has 190 valence electrons. The number of hydrogen-bond acceptors (Lipinski definition) is 7. The van der Waals surface area contributed by atoms with Crippen molar-refractivity contribution in [3.8, 4) is 33.6 Å². The lowest BCUT2D eigenvalue weighted by Gasteiger charge is -2.25. The second-order valence-electron chi connectivity index (χ2n) is 9.82. The predicted molar refractivity (Wildman–Crippen MR) is 147 cm³/mol. The Morgan fingerprint density at radius 3 is 2.71 bits per heavy atom. The summed E-state index contributed by atoms with van der Waals surface area (Å²) in [5.41, 5.74) is 11.0. The van der Waals surface area contributed by atoms with Crippen molar-refractivity contribution < 1.29 is 13.9 Å². The van der Waals surface area contributed by atoms with Gasteiger partial charge in [0, 0.05) is 46.1 Å². The molecule has 1 saturated carbocycles. The zero-order valence-electron chi connectivity index (χ0n) is 20.3. The molecule has 2 aromatic carbocycles.